The minimum Gasteiger partial charge on any atom is -0.490 e. The molecule has 0 unspecified atom stereocenters. The first-order valence-electron chi connectivity index (χ1n) is 6.04. The Balaban J connectivity index is 2.10. The second-order valence-electron chi connectivity index (χ2n) is 4.43. The van der Waals surface area contributed by atoms with Crippen LogP contribution in [0, 0.1) is 0 Å². The number of rotatable bonds is 5. The van der Waals surface area contributed by atoms with Crippen molar-refractivity contribution in [3.05, 3.63) is 35.5 Å². The average Bonchev–Trinajstić information content (AvgIpc) is 3.14. The molecule has 0 saturated heterocycles. The van der Waals surface area contributed by atoms with Gasteiger partial charge in [0, 0.05) is 6.92 Å². The summed E-state index contributed by atoms with van der Waals surface area (Å²) in [6, 6.07) is 7.08. The summed E-state index contributed by atoms with van der Waals surface area (Å²) < 4.78 is 5.59. The molecule has 1 saturated carbocycles. The molecule has 0 radical (unpaired) electrons. The van der Waals surface area contributed by atoms with Crippen LogP contribution < -0.4 is 10.1 Å². The van der Waals surface area contributed by atoms with Gasteiger partial charge in [-0.05, 0) is 36.6 Å². The molecular formula is C14H15NO4. The van der Waals surface area contributed by atoms with Crippen molar-refractivity contribution < 1.29 is 19.4 Å². The molecule has 100 valence electrons. The Morgan fingerprint density at radius 3 is 2.42 bits per heavy atom. The second-order valence-corrected chi connectivity index (χ2v) is 4.43. The van der Waals surface area contributed by atoms with Crippen molar-refractivity contribution in [2.75, 3.05) is 0 Å². The average molecular weight is 261 g/mol. The Kier molecular flexibility index (Phi) is 3.85. The van der Waals surface area contributed by atoms with Crippen LogP contribution in [0.15, 0.2) is 30.0 Å². The minimum atomic E-state index is -1.17. The van der Waals surface area contributed by atoms with Crippen molar-refractivity contribution in [2.45, 2.75) is 25.9 Å². The topological polar surface area (TPSA) is 75.6 Å². The van der Waals surface area contributed by atoms with Gasteiger partial charge >= 0.3 is 5.97 Å². The largest absolute Gasteiger partial charge is 0.490 e. The molecule has 0 bridgehead atoms. The summed E-state index contributed by atoms with van der Waals surface area (Å²) in [5.74, 6) is -0.813. The smallest absolute Gasteiger partial charge is 0.352 e. The highest BCUT2D eigenvalue weighted by Gasteiger charge is 2.23. The van der Waals surface area contributed by atoms with Crippen molar-refractivity contribution in [1.82, 2.24) is 5.32 Å². The summed E-state index contributed by atoms with van der Waals surface area (Å²) in [7, 11) is 0. The number of hydrogen-bond acceptors (Lipinski definition) is 3. The molecule has 0 atom stereocenters. The lowest BCUT2D eigenvalue weighted by Gasteiger charge is -2.05. The van der Waals surface area contributed by atoms with Gasteiger partial charge in [-0.15, -0.1) is 0 Å². The fourth-order valence-corrected chi connectivity index (χ4v) is 1.53. The Morgan fingerprint density at radius 2 is 1.95 bits per heavy atom. The first kappa shape index (κ1) is 13.1. The quantitative estimate of drug-likeness (QED) is 0.792. The van der Waals surface area contributed by atoms with E-state index in [1.54, 1.807) is 24.3 Å². The van der Waals surface area contributed by atoms with Crippen LogP contribution >= 0.6 is 0 Å². The van der Waals surface area contributed by atoms with E-state index in [9.17, 15) is 9.59 Å². The predicted octanol–water partition coefficient (Wildman–Crippen LogP) is 1.79. The minimum absolute atomic E-state index is 0.150. The number of carboxylic acids is 1. The van der Waals surface area contributed by atoms with E-state index in [1.807, 2.05) is 0 Å². The third-order valence-electron chi connectivity index (χ3n) is 2.56. The summed E-state index contributed by atoms with van der Waals surface area (Å²) >= 11 is 0. The van der Waals surface area contributed by atoms with Crippen LogP contribution in [0.25, 0.3) is 6.08 Å². The summed E-state index contributed by atoms with van der Waals surface area (Å²) in [6.45, 7) is 1.27. The van der Waals surface area contributed by atoms with Crippen LogP contribution in [0.1, 0.15) is 25.3 Å². The van der Waals surface area contributed by atoms with Crippen molar-refractivity contribution in [2.24, 2.45) is 0 Å². The molecule has 5 nitrogen and oxygen atoms in total. The third-order valence-corrected chi connectivity index (χ3v) is 2.56. The molecule has 5 heteroatoms. The number of carbonyl (C=O) groups excluding carboxylic acids is 1. The molecule has 1 aliphatic rings. The van der Waals surface area contributed by atoms with Crippen LogP contribution in [0.4, 0.5) is 0 Å². The van der Waals surface area contributed by atoms with Gasteiger partial charge < -0.3 is 15.2 Å². The molecule has 2 rings (SSSR count). The van der Waals surface area contributed by atoms with Crippen molar-refractivity contribution in [3.8, 4) is 5.75 Å². The standard InChI is InChI=1S/C14H15NO4/c1-9(16)15-13(14(17)18)8-10-2-4-11(5-3-10)19-12-6-7-12/h2-5,8,12H,6-7H2,1H3,(H,15,16)(H,17,18)/b13-8+. The van der Waals surface area contributed by atoms with Crippen molar-refractivity contribution >= 4 is 18.0 Å². The fourth-order valence-electron chi connectivity index (χ4n) is 1.53. The lowest BCUT2D eigenvalue weighted by atomic mass is 10.2. The third kappa shape index (κ3) is 4.13. The molecule has 0 aliphatic heterocycles. The Hall–Kier alpha value is -2.30. The van der Waals surface area contributed by atoms with E-state index in [0.29, 0.717) is 11.7 Å². The highest BCUT2D eigenvalue weighted by Crippen LogP contribution is 2.26. The number of benzene rings is 1. The van der Waals surface area contributed by atoms with Gasteiger partial charge in [-0.25, -0.2) is 4.79 Å². The van der Waals surface area contributed by atoms with E-state index in [-0.39, 0.29) is 5.70 Å². The van der Waals surface area contributed by atoms with E-state index in [1.165, 1.54) is 13.0 Å². The van der Waals surface area contributed by atoms with Gasteiger partial charge in [0.25, 0.3) is 0 Å². The number of ether oxygens (including phenoxy) is 1. The zero-order chi connectivity index (χ0) is 13.8. The molecule has 0 heterocycles. The molecule has 1 aromatic carbocycles. The van der Waals surface area contributed by atoms with Gasteiger partial charge in [-0.1, -0.05) is 12.1 Å². The lowest BCUT2D eigenvalue weighted by molar-refractivity contribution is -0.134. The normalized spacial score (nSPS) is 14.9. The zero-order valence-electron chi connectivity index (χ0n) is 10.6. The van der Waals surface area contributed by atoms with E-state index < -0.39 is 11.9 Å². The zero-order valence-corrected chi connectivity index (χ0v) is 10.6. The van der Waals surface area contributed by atoms with Gasteiger partial charge in [-0.3, -0.25) is 4.79 Å². The number of nitrogens with one attached hydrogen (secondary N) is 1. The highest BCUT2D eigenvalue weighted by atomic mass is 16.5. The molecule has 1 fully saturated rings. The second kappa shape index (κ2) is 5.56. The Morgan fingerprint density at radius 1 is 1.32 bits per heavy atom. The first-order valence-corrected chi connectivity index (χ1v) is 6.04. The number of amides is 1. The highest BCUT2D eigenvalue weighted by molar-refractivity contribution is 5.96. The molecule has 1 aliphatic carbocycles. The summed E-state index contributed by atoms with van der Waals surface area (Å²) in [5.41, 5.74) is 0.539. The molecule has 1 aromatic rings. The van der Waals surface area contributed by atoms with E-state index in [0.717, 1.165) is 18.6 Å². The van der Waals surface area contributed by atoms with Crippen molar-refractivity contribution in [1.29, 1.82) is 0 Å². The van der Waals surface area contributed by atoms with Crippen LogP contribution in [-0.4, -0.2) is 23.1 Å². The maximum absolute atomic E-state index is 11.0. The van der Waals surface area contributed by atoms with Crippen molar-refractivity contribution in [3.63, 3.8) is 0 Å². The monoisotopic (exact) mass is 261 g/mol. The van der Waals surface area contributed by atoms with Crippen LogP contribution in [-0.2, 0) is 9.59 Å². The summed E-state index contributed by atoms with van der Waals surface area (Å²) in [4.78, 5) is 21.8. The maximum atomic E-state index is 11.0. The maximum Gasteiger partial charge on any atom is 0.352 e. The van der Waals surface area contributed by atoms with Gasteiger partial charge in [0.1, 0.15) is 11.4 Å². The number of hydrogen-bond donors (Lipinski definition) is 2. The molecule has 1 amide bonds. The SMILES string of the molecule is CC(=O)N/C(=C/c1ccc(OC2CC2)cc1)C(=O)O. The van der Waals surface area contributed by atoms with E-state index in [4.69, 9.17) is 9.84 Å². The Labute approximate surface area is 110 Å². The Bertz CT molecular complexity index is 515. The predicted molar refractivity (Wildman–Crippen MR) is 69.5 cm³/mol. The van der Waals surface area contributed by atoms with E-state index >= 15 is 0 Å². The number of carboxylic acid groups (broad SMARTS) is 1. The summed E-state index contributed by atoms with van der Waals surface area (Å²) in [5, 5.41) is 11.2. The van der Waals surface area contributed by atoms with Gasteiger partial charge in [0.2, 0.25) is 5.91 Å². The first-order chi connectivity index (χ1) is 9.04. The van der Waals surface area contributed by atoms with Crippen LogP contribution in [0.5, 0.6) is 5.75 Å². The lowest BCUT2D eigenvalue weighted by Crippen LogP contribution is -2.24. The van der Waals surface area contributed by atoms with Gasteiger partial charge in [0.15, 0.2) is 0 Å². The number of aliphatic carboxylic acids is 1. The molecule has 0 aromatic heterocycles. The molecule has 2 N–H and O–H groups in total. The molecular weight excluding hydrogens is 246 g/mol. The van der Waals surface area contributed by atoms with Gasteiger partial charge in [0.05, 0.1) is 6.10 Å². The van der Waals surface area contributed by atoms with E-state index in [2.05, 4.69) is 5.32 Å². The number of carbonyl (C=O) groups is 2. The summed E-state index contributed by atoms with van der Waals surface area (Å²) in [6.07, 6.45) is 3.92. The fraction of sp³-hybridized carbons (Fsp3) is 0.286. The molecule has 0 spiro atoms. The van der Waals surface area contributed by atoms with Crippen LogP contribution in [0.3, 0.4) is 0 Å². The van der Waals surface area contributed by atoms with Crippen LogP contribution in [0.2, 0.25) is 0 Å². The van der Waals surface area contributed by atoms with Gasteiger partial charge in [-0.2, -0.15) is 0 Å². The molecule has 19 heavy (non-hydrogen) atoms.